The molecule has 188 valence electrons. The lowest BCUT2D eigenvalue weighted by Gasteiger charge is -2.35. The number of benzene rings is 1. The molecule has 3 N–H and O–H groups in total. The van der Waals surface area contributed by atoms with Crippen LogP contribution in [0, 0.1) is 11.7 Å². The van der Waals surface area contributed by atoms with Gasteiger partial charge in [-0.05, 0) is 81.5 Å². The second-order valence-electron chi connectivity index (χ2n) is 10.4. The van der Waals surface area contributed by atoms with E-state index in [4.69, 9.17) is 4.98 Å². The van der Waals surface area contributed by atoms with E-state index in [1.165, 1.54) is 25.0 Å². The standard InChI is InChI=1S/C27H36FN5O2/c28-20-5-7-22(8-6-20)31-27-29-17-24(25(32-27)30-21-9-11-23(34)12-10-21)18-13-15-33(16-14-18)26(35)19-3-1-2-4-19/h5-8,17-19,21,23,34H,1-4,9-16H2,(H2,29,30,31,32). The van der Waals surface area contributed by atoms with Crippen molar-refractivity contribution in [1.82, 2.24) is 14.9 Å². The van der Waals surface area contributed by atoms with Gasteiger partial charge >= 0.3 is 0 Å². The van der Waals surface area contributed by atoms with Gasteiger partial charge in [-0.3, -0.25) is 4.79 Å². The molecule has 35 heavy (non-hydrogen) atoms. The minimum Gasteiger partial charge on any atom is -0.393 e. The second kappa shape index (κ2) is 10.9. The van der Waals surface area contributed by atoms with Crippen molar-refractivity contribution >= 4 is 23.4 Å². The molecule has 1 aromatic heterocycles. The molecule has 1 aromatic carbocycles. The van der Waals surface area contributed by atoms with Gasteiger partial charge in [0, 0.05) is 42.5 Å². The number of aromatic nitrogens is 2. The molecule has 0 unspecified atom stereocenters. The lowest BCUT2D eigenvalue weighted by molar-refractivity contribution is -0.136. The maximum absolute atomic E-state index is 13.3. The lowest BCUT2D eigenvalue weighted by Crippen LogP contribution is -2.41. The Bertz CT molecular complexity index is 995. The zero-order chi connectivity index (χ0) is 24.2. The third-order valence-corrected chi connectivity index (χ3v) is 7.91. The normalized spacial score (nSPS) is 23.9. The van der Waals surface area contributed by atoms with Crippen LogP contribution in [0.2, 0.25) is 0 Å². The summed E-state index contributed by atoms with van der Waals surface area (Å²) in [5, 5.41) is 16.7. The maximum atomic E-state index is 13.3. The highest BCUT2D eigenvalue weighted by molar-refractivity contribution is 5.79. The molecule has 1 amide bonds. The van der Waals surface area contributed by atoms with Crippen LogP contribution in [0.4, 0.5) is 21.8 Å². The summed E-state index contributed by atoms with van der Waals surface area (Å²) in [7, 11) is 0. The number of rotatable bonds is 6. The first-order valence-corrected chi connectivity index (χ1v) is 13.2. The Hall–Kier alpha value is -2.74. The summed E-state index contributed by atoms with van der Waals surface area (Å²) >= 11 is 0. The molecule has 8 heteroatoms. The number of aliphatic hydroxyl groups excluding tert-OH is 1. The third-order valence-electron chi connectivity index (χ3n) is 7.91. The largest absolute Gasteiger partial charge is 0.393 e. The monoisotopic (exact) mass is 481 g/mol. The van der Waals surface area contributed by atoms with Crippen LogP contribution in [0.5, 0.6) is 0 Å². The van der Waals surface area contributed by atoms with Crippen LogP contribution in [0.3, 0.4) is 0 Å². The van der Waals surface area contributed by atoms with E-state index in [0.29, 0.717) is 17.8 Å². The fourth-order valence-electron chi connectivity index (χ4n) is 5.78. The second-order valence-corrected chi connectivity index (χ2v) is 10.4. The summed E-state index contributed by atoms with van der Waals surface area (Å²) < 4.78 is 13.3. The van der Waals surface area contributed by atoms with Crippen LogP contribution in [-0.2, 0) is 4.79 Å². The molecule has 0 spiro atoms. The van der Waals surface area contributed by atoms with E-state index >= 15 is 0 Å². The summed E-state index contributed by atoms with van der Waals surface area (Å²) in [4.78, 5) is 24.3. The lowest BCUT2D eigenvalue weighted by atomic mass is 9.89. The molecule has 2 aliphatic carbocycles. The van der Waals surface area contributed by atoms with Gasteiger partial charge in [0.05, 0.1) is 6.10 Å². The van der Waals surface area contributed by atoms with Crippen LogP contribution < -0.4 is 10.6 Å². The van der Waals surface area contributed by atoms with Crippen molar-refractivity contribution in [2.75, 3.05) is 23.7 Å². The molecule has 5 rings (SSSR count). The average Bonchev–Trinajstić information content (AvgIpc) is 3.42. The number of nitrogens with zero attached hydrogens (tertiary/aromatic N) is 3. The first-order chi connectivity index (χ1) is 17.0. The van der Waals surface area contributed by atoms with Gasteiger partial charge in [-0.25, -0.2) is 9.37 Å². The van der Waals surface area contributed by atoms with Gasteiger partial charge < -0.3 is 20.6 Å². The van der Waals surface area contributed by atoms with Gasteiger partial charge in [0.1, 0.15) is 11.6 Å². The molecule has 2 saturated carbocycles. The summed E-state index contributed by atoms with van der Waals surface area (Å²) in [5.41, 5.74) is 1.82. The number of hydrogen-bond donors (Lipinski definition) is 3. The minimum atomic E-state index is -0.286. The molecule has 2 heterocycles. The van der Waals surface area contributed by atoms with Gasteiger partial charge in [-0.2, -0.15) is 4.98 Å². The van der Waals surface area contributed by atoms with Crippen LogP contribution >= 0.6 is 0 Å². The predicted octanol–water partition coefficient (Wildman–Crippen LogP) is 4.97. The summed E-state index contributed by atoms with van der Waals surface area (Å²) in [6.45, 7) is 1.56. The zero-order valence-corrected chi connectivity index (χ0v) is 20.3. The van der Waals surface area contributed by atoms with Gasteiger partial charge in [0.2, 0.25) is 11.9 Å². The fraction of sp³-hybridized carbons (Fsp3) is 0.593. The summed E-state index contributed by atoms with van der Waals surface area (Å²) in [6, 6.07) is 6.40. The molecule has 0 atom stereocenters. The zero-order valence-electron chi connectivity index (χ0n) is 20.3. The number of nitrogens with one attached hydrogen (secondary N) is 2. The topological polar surface area (TPSA) is 90.4 Å². The highest BCUT2D eigenvalue weighted by Crippen LogP contribution is 2.35. The van der Waals surface area contributed by atoms with Crippen molar-refractivity contribution in [3.8, 4) is 0 Å². The molecule has 3 fully saturated rings. The molecule has 2 aromatic rings. The number of carbonyl (C=O) groups excluding carboxylic acids is 1. The Morgan fingerprint density at radius 2 is 1.66 bits per heavy atom. The van der Waals surface area contributed by atoms with Gasteiger partial charge in [-0.1, -0.05) is 12.8 Å². The highest BCUT2D eigenvalue weighted by atomic mass is 19.1. The van der Waals surface area contributed by atoms with E-state index < -0.39 is 0 Å². The van der Waals surface area contributed by atoms with E-state index in [2.05, 4.69) is 20.5 Å². The number of halogens is 1. The smallest absolute Gasteiger partial charge is 0.229 e. The van der Waals surface area contributed by atoms with E-state index in [0.717, 1.165) is 81.5 Å². The number of amides is 1. The number of likely N-dealkylation sites (tertiary alicyclic amines) is 1. The Labute approximate surface area is 206 Å². The Morgan fingerprint density at radius 1 is 0.971 bits per heavy atom. The predicted molar refractivity (Wildman–Crippen MR) is 134 cm³/mol. The van der Waals surface area contributed by atoms with Crippen molar-refractivity contribution < 1.29 is 14.3 Å². The van der Waals surface area contributed by atoms with Crippen molar-refractivity contribution in [2.45, 2.75) is 82.3 Å². The third kappa shape index (κ3) is 5.92. The molecular weight excluding hydrogens is 445 g/mol. The maximum Gasteiger partial charge on any atom is 0.229 e. The molecule has 0 bridgehead atoms. The number of piperidine rings is 1. The summed E-state index contributed by atoms with van der Waals surface area (Å²) in [5.74, 6) is 1.87. The van der Waals surface area contributed by atoms with Crippen molar-refractivity contribution in [3.63, 3.8) is 0 Å². The Morgan fingerprint density at radius 3 is 2.34 bits per heavy atom. The molecule has 1 saturated heterocycles. The van der Waals surface area contributed by atoms with Crippen LogP contribution in [0.25, 0.3) is 0 Å². The van der Waals surface area contributed by atoms with E-state index in [9.17, 15) is 14.3 Å². The Kier molecular flexibility index (Phi) is 7.46. The van der Waals surface area contributed by atoms with Crippen molar-refractivity contribution in [3.05, 3.63) is 41.8 Å². The number of aliphatic hydroxyl groups is 1. The first-order valence-electron chi connectivity index (χ1n) is 13.2. The highest BCUT2D eigenvalue weighted by Gasteiger charge is 2.32. The fourth-order valence-corrected chi connectivity index (χ4v) is 5.78. The van der Waals surface area contributed by atoms with E-state index in [-0.39, 0.29) is 23.9 Å². The van der Waals surface area contributed by atoms with Crippen molar-refractivity contribution in [2.24, 2.45) is 5.92 Å². The van der Waals surface area contributed by atoms with E-state index in [1.54, 1.807) is 12.1 Å². The number of hydrogen-bond acceptors (Lipinski definition) is 6. The van der Waals surface area contributed by atoms with Gasteiger partial charge in [-0.15, -0.1) is 0 Å². The quantitative estimate of drug-likeness (QED) is 0.540. The molecule has 3 aliphatic rings. The SMILES string of the molecule is O=C(C1CCCC1)N1CCC(c2cnc(Nc3ccc(F)cc3)nc2NC2CCC(O)CC2)CC1. The molecule has 1 aliphatic heterocycles. The van der Waals surface area contributed by atoms with E-state index in [1.807, 2.05) is 6.20 Å². The van der Waals surface area contributed by atoms with Crippen LogP contribution in [-0.4, -0.2) is 51.1 Å². The number of carbonyl (C=O) groups is 1. The minimum absolute atomic E-state index is 0.213. The Balaban J connectivity index is 1.30. The molecule has 0 radical (unpaired) electrons. The van der Waals surface area contributed by atoms with Crippen LogP contribution in [0.1, 0.15) is 75.7 Å². The number of anilines is 3. The van der Waals surface area contributed by atoms with Gasteiger partial charge in [0.25, 0.3) is 0 Å². The molecule has 7 nitrogen and oxygen atoms in total. The molecular formula is C27H36FN5O2. The first kappa shape index (κ1) is 24.0. The average molecular weight is 482 g/mol. The van der Waals surface area contributed by atoms with Crippen molar-refractivity contribution in [1.29, 1.82) is 0 Å². The van der Waals surface area contributed by atoms with Gasteiger partial charge in [0.15, 0.2) is 0 Å². The van der Waals surface area contributed by atoms with Crippen LogP contribution in [0.15, 0.2) is 30.5 Å². The summed E-state index contributed by atoms with van der Waals surface area (Å²) in [6.07, 6.45) is 11.3.